The van der Waals surface area contributed by atoms with Crippen molar-refractivity contribution in [3.05, 3.63) is 65.2 Å². The number of amides is 1. The Bertz CT molecular complexity index is 691. The van der Waals surface area contributed by atoms with Crippen LogP contribution in [0, 0.1) is 6.92 Å². The number of benzene rings is 2. The first-order valence-electron chi connectivity index (χ1n) is 8.37. The van der Waals surface area contributed by atoms with E-state index in [0.717, 1.165) is 38.3 Å². The molecule has 1 aliphatic heterocycles. The third-order valence-corrected chi connectivity index (χ3v) is 5.23. The van der Waals surface area contributed by atoms with E-state index in [1.807, 2.05) is 35.4 Å². The molecule has 2 aromatic rings. The van der Waals surface area contributed by atoms with Crippen LogP contribution in [-0.4, -0.2) is 48.1 Å². The van der Waals surface area contributed by atoms with Crippen molar-refractivity contribution in [2.45, 2.75) is 18.4 Å². The first-order chi connectivity index (χ1) is 11.7. The van der Waals surface area contributed by atoms with E-state index in [4.69, 9.17) is 0 Å². The molecule has 1 fully saturated rings. The summed E-state index contributed by atoms with van der Waals surface area (Å²) >= 11 is 1.70. The van der Waals surface area contributed by atoms with E-state index in [2.05, 4.69) is 36.1 Å². The van der Waals surface area contributed by atoms with Crippen molar-refractivity contribution in [1.82, 2.24) is 9.80 Å². The van der Waals surface area contributed by atoms with Gasteiger partial charge in [0.25, 0.3) is 5.91 Å². The monoisotopic (exact) mass is 340 g/mol. The van der Waals surface area contributed by atoms with Gasteiger partial charge in [-0.15, -0.1) is 11.8 Å². The van der Waals surface area contributed by atoms with E-state index in [0.29, 0.717) is 0 Å². The highest BCUT2D eigenvalue weighted by atomic mass is 32.2. The molecular weight excluding hydrogens is 316 g/mol. The number of thioether (sulfide) groups is 1. The van der Waals surface area contributed by atoms with E-state index in [1.165, 1.54) is 16.0 Å². The molecular formula is C20H24N2OS. The average Bonchev–Trinajstić information content (AvgIpc) is 2.62. The first-order valence-corrected chi connectivity index (χ1v) is 9.59. The standard InChI is InChI=1S/C20H24N2OS/c1-16-4-3-5-17(14-16)15-21-10-12-22(13-11-21)20(23)18-6-8-19(24-2)9-7-18/h3-9,14H,10-13,15H2,1-2H3. The summed E-state index contributed by atoms with van der Waals surface area (Å²) < 4.78 is 0. The lowest BCUT2D eigenvalue weighted by atomic mass is 10.1. The number of hydrogen-bond acceptors (Lipinski definition) is 3. The molecule has 126 valence electrons. The Kier molecular flexibility index (Phi) is 5.59. The van der Waals surface area contributed by atoms with E-state index in [9.17, 15) is 4.79 Å². The molecule has 1 aliphatic rings. The maximum absolute atomic E-state index is 12.6. The van der Waals surface area contributed by atoms with Crippen molar-refractivity contribution in [3.8, 4) is 0 Å². The fraction of sp³-hybridized carbons (Fsp3) is 0.350. The van der Waals surface area contributed by atoms with Crippen LogP contribution in [0.1, 0.15) is 21.5 Å². The van der Waals surface area contributed by atoms with Gasteiger partial charge in [-0.1, -0.05) is 29.8 Å². The van der Waals surface area contributed by atoms with Crippen LogP contribution in [0.5, 0.6) is 0 Å². The number of aryl methyl sites for hydroxylation is 1. The van der Waals surface area contributed by atoms with E-state index in [1.54, 1.807) is 11.8 Å². The lowest BCUT2D eigenvalue weighted by molar-refractivity contribution is 0.0628. The Labute approximate surface area is 148 Å². The zero-order valence-corrected chi connectivity index (χ0v) is 15.2. The number of carbonyl (C=O) groups excluding carboxylic acids is 1. The molecule has 0 saturated carbocycles. The number of nitrogens with zero attached hydrogens (tertiary/aromatic N) is 2. The Morgan fingerprint density at radius 3 is 2.38 bits per heavy atom. The van der Waals surface area contributed by atoms with Crippen molar-refractivity contribution in [2.75, 3.05) is 32.4 Å². The van der Waals surface area contributed by atoms with Crippen molar-refractivity contribution < 1.29 is 4.79 Å². The quantitative estimate of drug-likeness (QED) is 0.794. The lowest BCUT2D eigenvalue weighted by Crippen LogP contribution is -2.48. The highest BCUT2D eigenvalue weighted by Gasteiger charge is 2.22. The predicted octanol–water partition coefficient (Wildman–Crippen LogP) is 3.67. The number of rotatable bonds is 4. The van der Waals surface area contributed by atoms with Gasteiger partial charge in [0, 0.05) is 43.2 Å². The van der Waals surface area contributed by atoms with E-state index in [-0.39, 0.29) is 5.91 Å². The topological polar surface area (TPSA) is 23.6 Å². The number of piperazine rings is 1. The maximum Gasteiger partial charge on any atom is 0.253 e. The van der Waals surface area contributed by atoms with Crippen LogP contribution >= 0.6 is 11.8 Å². The molecule has 0 N–H and O–H groups in total. The van der Waals surface area contributed by atoms with Gasteiger partial charge in [-0.25, -0.2) is 0 Å². The molecule has 0 aromatic heterocycles. The van der Waals surface area contributed by atoms with Crippen LogP contribution in [-0.2, 0) is 6.54 Å². The zero-order chi connectivity index (χ0) is 16.9. The van der Waals surface area contributed by atoms with Crippen LogP contribution < -0.4 is 0 Å². The van der Waals surface area contributed by atoms with Crippen LogP contribution in [0.4, 0.5) is 0 Å². The van der Waals surface area contributed by atoms with Crippen molar-refractivity contribution in [2.24, 2.45) is 0 Å². The van der Waals surface area contributed by atoms with Crippen molar-refractivity contribution in [1.29, 1.82) is 0 Å². The molecule has 0 radical (unpaired) electrons. The Morgan fingerprint density at radius 2 is 1.75 bits per heavy atom. The molecule has 3 rings (SSSR count). The molecule has 0 spiro atoms. The van der Waals surface area contributed by atoms with Gasteiger partial charge >= 0.3 is 0 Å². The van der Waals surface area contributed by atoms with E-state index >= 15 is 0 Å². The molecule has 0 unspecified atom stereocenters. The summed E-state index contributed by atoms with van der Waals surface area (Å²) in [6.45, 7) is 6.56. The van der Waals surface area contributed by atoms with Gasteiger partial charge < -0.3 is 4.90 Å². The summed E-state index contributed by atoms with van der Waals surface area (Å²) in [6.07, 6.45) is 2.05. The molecule has 1 saturated heterocycles. The summed E-state index contributed by atoms with van der Waals surface area (Å²) in [6, 6.07) is 16.6. The number of carbonyl (C=O) groups is 1. The minimum absolute atomic E-state index is 0.151. The van der Waals surface area contributed by atoms with Gasteiger partial charge in [-0.2, -0.15) is 0 Å². The first kappa shape index (κ1) is 17.1. The molecule has 24 heavy (non-hydrogen) atoms. The normalized spacial score (nSPS) is 15.5. The SMILES string of the molecule is CSc1ccc(C(=O)N2CCN(Cc3cccc(C)c3)CC2)cc1. The summed E-state index contributed by atoms with van der Waals surface area (Å²) in [5.74, 6) is 0.151. The molecule has 1 amide bonds. The zero-order valence-electron chi connectivity index (χ0n) is 14.4. The van der Waals surface area contributed by atoms with Crippen LogP contribution in [0.3, 0.4) is 0 Å². The Hall–Kier alpha value is -1.78. The largest absolute Gasteiger partial charge is 0.336 e. The molecule has 3 nitrogen and oxygen atoms in total. The Balaban J connectivity index is 1.55. The van der Waals surface area contributed by atoms with Gasteiger partial charge in [0.15, 0.2) is 0 Å². The summed E-state index contributed by atoms with van der Waals surface area (Å²) in [5.41, 5.74) is 3.44. The third kappa shape index (κ3) is 4.19. The highest BCUT2D eigenvalue weighted by Crippen LogP contribution is 2.17. The minimum atomic E-state index is 0.151. The summed E-state index contributed by atoms with van der Waals surface area (Å²) in [4.78, 5) is 18.2. The minimum Gasteiger partial charge on any atom is -0.336 e. The Morgan fingerprint density at radius 1 is 1.04 bits per heavy atom. The van der Waals surface area contributed by atoms with Gasteiger partial charge in [-0.3, -0.25) is 9.69 Å². The second-order valence-electron chi connectivity index (χ2n) is 6.29. The number of hydrogen-bond donors (Lipinski definition) is 0. The molecule has 2 aromatic carbocycles. The van der Waals surface area contributed by atoms with Crippen LogP contribution in [0.25, 0.3) is 0 Å². The van der Waals surface area contributed by atoms with Gasteiger partial charge in [0.2, 0.25) is 0 Å². The molecule has 0 aliphatic carbocycles. The summed E-state index contributed by atoms with van der Waals surface area (Å²) in [7, 11) is 0. The molecule has 4 heteroatoms. The smallest absolute Gasteiger partial charge is 0.253 e. The molecule has 0 atom stereocenters. The van der Waals surface area contributed by atoms with Gasteiger partial charge in [0.05, 0.1) is 0 Å². The summed E-state index contributed by atoms with van der Waals surface area (Å²) in [5, 5.41) is 0. The third-order valence-electron chi connectivity index (χ3n) is 4.49. The fourth-order valence-corrected chi connectivity index (χ4v) is 3.50. The lowest BCUT2D eigenvalue weighted by Gasteiger charge is -2.34. The second kappa shape index (κ2) is 7.86. The average molecular weight is 340 g/mol. The van der Waals surface area contributed by atoms with E-state index < -0.39 is 0 Å². The van der Waals surface area contributed by atoms with Gasteiger partial charge in [0.1, 0.15) is 0 Å². The van der Waals surface area contributed by atoms with Gasteiger partial charge in [-0.05, 0) is 43.0 Å². The van der Waals surface area contributed by atoms with Crippen molar-refractivity contribution >= 4 is 17.7 Å². The maximum atomic E-state index is 12.6. The van der Waals surface area contributed by atoms with Crippen molar-refractivity contribution in [3.63, 3.8) is 0 Å². The van der Waals surface area contributed by atoms with Crippen LogP contribution in [0.15, 0.2) is 53.4 Å². The van der Waals surface area contributed by atoms with Crippen LogP contribution in [0.2, 0.25) is 0 Å². The molecule has 1 heterocycles. The molecule has 0 bridgehead atoms. The highest BCUT2D eigenvalue weighted by molar-refractivity contribution is 7.98. The fourth-order valence-electron chi connectivity index (χ4n) is 3.09. The predicted molar refractivity (Wildman–Crippen MR) is 101 cm³/mol. The second-order valence-corrected chi connectivity index (χ2v) is 7.17.